The predicted molar refractivity (Wildman–Crippen MR) is 117 cm³/mol. The summed E-state index contributed by atoms with van der Waals surface area (Å²) in [5.41, 5.74) is 3.18. The summed E-state index contributed by atoms with van der Waals surface area (Å²) in [7, 11) is 1.86. The van der Waals surface area contributed by atoms with Gasteiger partial charge in [-0.3, -0.25) is 0 Å². The number of aromatic hydroxyl groups is 1. The average molecular weight is 421 g/mol. The number of rotatable bonds is 6. The summed E-state index contributed by atoms with van der Waals surface area (Å²) in [6, 6.07) is 11.9. The van der Waals surface area contributed by atoms with Gasteiger partial charge in [-0.1, -0.05) is 18.2 Å². The van der Waals surface area contributed by atoms with E-state index in [9.17, 15) is 9.50 Å². The van der Waals surface area contributed by atoms with E-state index in [0.717, 1.165) is 16.6 Å². The Hall–Kier alpha value is -3.68. The molecule has 0 aliphatic rings. The van der Waals surface area contributed by atoms with Crippen molar-refractivity contribution in [2.45, 2.75) is 27.3 Å². The summed E-state index contributed by atoms with van der Waals surface area (Å²) < 4.78 is 21.8. The molecule has 0 bridgehead atoms. The van der Waals surface area contributed by atoms with E-state index in [1.807, 2.05) is 44.9 Å². The van der Waals surface area contributed by atoms with Gasteiger partial charge in [0, 0.05) is 25.2 Å². The number of hydrogen-bond acceptors (Lipinski definition) is 6. The minimum Gasteiger partial charge on any atom is -0.508 e. The number of para-hydroxylation sites is 1. The third-order valence-corrected chi connectivity index (χ3v) is 5.20. The maximum Gasteiger partial charge on any atom is 0.179 e. The van der Waals surface area contributed by atoms with Crippen LogP contribution in [-0.4, -0.2) is 38.7 Å². The lowest BCUT2D eigenvalue weighted by atomic mass is 10.1. The Morgan fingerprint density at radius 2 is 1.90 bits per heavy atom. The summed E-state index contributed by atoms with van der Waals surface area (Å²) in [6.07, 6.45) is 0. The molecule has 0 radical (unpaired) electrons. The molecule has 0 fully saturated rings. The predicted octanol–water partition coefficient (Wildman–Crippen LogP) is 4.31. The largest absolute Gasteiger partial charge is 0.508 e. The second-order valence-corrected chi connectivity index (χ2v) is 7.36. The van der Waals surface area contributed by atoms with Gasteiger partial charge in [0.05, 0.1) is 23.4 Å². The fourth-order valence-corrected chi connectivity index (χ4v) is 3.69. The van der Waals surface area contributed by atoms with Crippen molar-refractivity contribution in [3.8, 4) is 17.2 Å². The van der Waals surface area contributed by atoms with E-state index in [1.54, 1.807) is 28.9 Å². The molecule has 0 saturated carbocycles. The first-order chi connectivity index (χ1) is 14.9. The first-order valence-electron chi connectivity index (χ1n) is 10.0. The van der Waals surface area contributed by atoms with Crippen LogP contribution >= 0.6 is 0 Å². The van der Waals surface area contributed by atoms with Crippen LogP contribution in [-0.2, 0) is 6.54 Å². The lowest BCUT2D eigenvalue weighted by Crippen LogP contribution is -2.19. The van der Waals surface area contributed by atoms with Crippen molar-refractivity contribution in [3.05, 3.63) is 65.2 Å². The van der Waals surface area contributed by atoms with Crippen LogP contribution in [0.5, 0.6) is 11.5 Å². The second kappa shape index (κ2) is 8.22. The van der Waals surface area contributed by atoms with Crippen molar-refractivity contribution in [2.24, 2.45) is 0 Å². The fourth-order valence-electron chi connectivity index (χ4n) is 3.69. The van der Waals surface area contributed by atoms with E-state index < -0.39 is 5.82 Å². The standard InChI is InChI=1S/C23H24FN5O2/c1-5-31-17-10-11-19(18(24)12-17)29-15(3)21-14(2)25-26-23(22(21)27-29)28(4)13-16-8-6-7-9-20(16)30/h6-12,30H,5,13H2,1-4H3. The Morgan fingerprint density at radius 3 is 2.61 bits per heavy atom. The molecule has 2 heterocycles. The number of nitrogens with zero attached hydrogens (tertiary/aromatic N) is 5. The van der Waals surface area contributed by atoms with E-state index in [-0.39, 0.29) is 5.75 Å². The number of anilines is 1. The van der Waals surface area contributed by atoms with Gasteiger partial charge in [0.15, 0.2) is 11.6 Å². The molecular formula is C23H24FN5O2. The second-order valence-electron chi connectivity index (χ2n) is 7.36. The molecule has 0 atom stereocenters. The molecule has 2 aromatic heterocycles. The van der Waals surface area contributed by atoms with Gasteiger partial charge in [-0.2, -0.15) is 10.2 Å². The highest BCUT2D eigenvalue weighted by Crippen LogP contribution is 2.31. The Balaban J connectivity index is 1.80. The number of fused-ring (bicyclic) bond motifs is 1. The zero-order valence-corrected chi connectivity index (χ0v) is 17.9. The molecule has 0 saturated heterocycles. The summed E-state index contributed by atoms with van der Waals surface area (Å²) >= 11 is 0. The Bertz CT molecular complexity index is 1250. The lowest BCUT2D eigenvalue weighted by Gasteiger charge is -2.18. The zero-order valence-electron chi connectivity index (χ0n) is 17.9. The number of phenols is 1. The number of benzene rings is 2. The minimum atomic E-state index is -0.426. The van der Waals surface area contributed by atoms with E-state index in [2.05, 4.69) is 10.2 Å². The van der Waals surface area contributed by atoms with Crippen LogP contribution in [0.25, 0.3) is 16.6 Å². The van der Waals surface area contributed by atoms with Crippen molar-refractivity contribution in [1.29, 1.82) is 0 Å². The molecule has 4 rings (SSSR count). The van der Waals surface area contributed by atoms with E-state index >= 15 is 0 Å². The molecule has 7 nitrogen and oxygen atoms in total. The van der Waals surface area contributed by atoms with Crippen LogP contribution in [0.4, 0.5) is 10.2 Å². The van der Waals surface area contributed by atoms with Crippen molar-refractivity contribution >= 4 is 16.7 Å². The number of phenolic OH excluding ortho intramolecular Hbond substituents is 1. The molecule has 160 valence electrons. The van der Waals surface area contributed by atoms with E-state index in [0.29, 0.717) is 41.6 Å². The number of ether oxygens (including phenoxy) is 1. The van der Waals surface area contributed by atoms with Gasteiger partial charge in [0.2, 0.25) is 0 Å². The van der Waals surface area contributed by atoms with Gasteiger partial charge < -0.3 is 14.7 Å². The van der Waals surface area contributed by atoms with Crippen LogP contribution in [0.15, 0.2) is 42.5 Å². The van der Waals surface area contributed by atoms with Gasteiger partial charge in [-0.15, -0.1) is 5.10 Å². The highest BCUT2D eigenvalue weighted by molar-refractivity contribution is 5.92. The highest BCUT2D eigenvalue weighted by atomic mass is 19.1. The third-order valence-electron chi connectivity index (χ3n) is 5.20. The first kappa shape index (κ1) is 20.6. The Morgan fingerprint density at radius 1 is 1.13 bits per heavy atom. The van der Waals surface area contributed by atoms with Gasteiger partial charge in [-0.05, 0) is 39.0 Å². The quantitative estimate of drug-likeness (QED) is 0.500. The van der Waals surface area contributed by atoms with Gasteiger partial charge in [-0.25, -0.2) is 9.07 Å². The van der Waals surface area contributed by atoms with Crippen LogP contribution in [0, 0.1) is 19.7 Å². The molecule has 0 spiro atoms. The molecule has 2 aromatic carbocycles. The summed E-state index contributed by atoms with van der Waals surface area (Å²) in [6.45, 7) is 6.48. The number of aromatic nitrogens is 4. The smallest absolute Gasteiger partial charge is 0.179 e. The zero-order chi connectivity index (χ0) is 22.1. The monoisotopic (exact) mass is 421 g/mol. The van der Waals surface area contributed by atoms with Crippen LogP contribution in [0.2, 0.25) is 0 Å². The minimum absolute atomic E-state index is 0.212. The van der Waals surface area contributed by atoms with Crippen molar-refractivity contribution in [3.63, 3.8) is 0 Å². The molecule has 0 aliphatic carbocycles. The highest BCUT2D eigenvalue weighted by Gasteiger charge is 2.21. The first-order valence-corrected chi connectivity index (χ1v) is 10.0. The maximum absolute atomic E-state index is 14.8. The van der Waals surface area contributed by atoms with Crippen LogP contribution in [0.3, 0.4) is 0 Å². The SMILES string of the molecule is CCOc1ccc(-n2nc3c(N(C)Cc4ccccc4O)nnc(C)c3c2C)c(F)c1. The number of hydrogen-bond donors (Lipinski definition) is 1. The molecule has 0 amide bonds. The molecule has 8 heteroatoms. The Labute approximate surface area is 179 Å². The van der Waals surface area contributed by atoms with Crippen LogP contribution < -0.4 is 9.64 Å². The summed E-state index contributed by atoms with van der Waals surface area (Å²) in [5, 5.41) is 24.3. The average Bonchev–Trinajstić information content (AvgIpc) is 3.08. The van der Waals surface area contributed by atoms with E-state index in [1.165, 1.54) is 6.07 Å². The van der Waals surface area contributed by atoms with Crippen molar-refractivity contribution < 1.29 is 14.2 Å². The molecule has 0 unspecified atom stereocenters. The summed E-state index contributed by atoms with van der Waals surface area (Å²) in [5.74, 6) is 0.811. The number of halogens is 1. The number of aryl methyl sites for hydroxylation is 2. The fraction of sp³-hybridized carbons (Fsp3) is 0.261. The van der Waals surface area contributed by atoms with E-state index in [4.69, 9.17) is 9.84 Å². The summed E-state index contributed by atoms with van der Waals surface area (Å²) in [4.78, 5) is 1.87. The van der Waals surface area contributed by atoms with Crippen LogP contribution in [0.1, 0.15) is 23.9 Å². The van der Waals surface area contributed by atoms with Crippen molar-refractivity contribution in [1.82, 2.24) is 20.0 Å². The molecular weight excluding hydrogens is 397 g/mol. The molecule has 31 heavy (non-hydrogen) atoms. The van der Waals surface area contributed by atoms with Gasteiger partial charge >= 0.3 is 0 Å². The molecule has 1 N–H and O–H groups in total. The van der Waals surface area contributed by atoms with Gasteiger partial charge in [0.25, 0.3) is 0 Å². The maximum atomic E-state index is 14.8. The topological polar surface area (TPSA) is 76.3 Å². The van der Waals surface area contributed by atoms with Gasteiger partial charge in [0.1, 0.15) is 22.7 Å². The Kier molecular flexibility index (Phi) is 5.46. The normalized spacial score (nSPS) is 11.1. The van der Waals surface area contributed by atoms with Crippen molar-refractivity contribution in [2.75, 3.05) is 18.6 Å². The molecule has 0 aliphatic heterocycles. The lowest BCUT2D eigenvalue weighted by molar-refractivity contribution is 0.338. The third kappa shape index (κ3) is 3.76. The molecule has 4 aromatic rings.